The lowest BCUT2D eigenvalue weighted by Gasteiger charge is -2.24. The summed E-state index contributed by atoms with van der Waals surface area (Å²) < 4.78 is 17.0. The number of nitrogens with one attached hydrogen (secondary N) is 1. The van der Waals surface area contributed by atoms with Crippen LogP contribution in [-0.2, 0) is 17.8 Å². The number of pyridine rings is 1. The van der Waals surface area contributed by atoms with Crippen LogP contribution in [0.25, 0.3) is 10.9 Å². The topological polar surface area (TPSA) is 52.6 Å². The van der Waals surface area contributed by atoms with Gasteiger partial charge < -0.3 is 19.5 Å². The third kappa shape index (κ3) is 2.08. The Hall–Kier alpha value is -2.01. The van der Waals surface area contributed by atoms with E-state index in [2.05, 4.69) is 12.2 Å². The zero-order valence-electron chi connectivity index (χ0n) is 12.1. The van der Waals surface area contributed by atoms with Gasteiger partial charge in [-0.15, -0.1) is 0 Å². The van der Waals surface area contributed by atoms with E-state index in [0.717, 1.165) is 53.4 Å². The summed E-state index contributed by atoms with van der Waals surface area (Å²) in [6, 6.07) is 4.02. The maximum Gasteiger partial charge on any atom is 0.163 e. The van der Waals surface area contributed by atoms with Crippen molar-refractivity contribution in [2.24, 2.45) is 0 Å². The van der Waals surface area contributed by atoms with Gasteiger partial charge in [0, 0.05) is 30.0 Å². The molecule has 0 aliphatic carbocycles. The first-order valence-electron chi connectivity index (χ1n) is 7.43. The maximum absolute atomic E-state index is 5.70. The van der Waals surface area contributed by atoms with Gasteiger partial charge in [-0.05, 0) is 13.0 Å². The van der Waals surface area contributed by atoms with Crippen LogP contribution in [0.2, 0.25) is 0 Å². The van der Waals surface area contributed by atoms with Gasteiger partial charge in [-0.3, -0.25) is 4.98 Å². The SMILES string of the molecule is CCNc1c2c(nc3cc4c(cc13)OCCO4)CCOC2. The fraction of sp³-hybridized carbons (Fsp3) is 0.438. The molecule has 0 atom stereocenters. The van der Waals surface area contributed by atoms with E-state index in [1.54, 1.807) is 0 Å². The molecule has 4 rings (SSSR count). The molecule has 2 aliphatic rings. The second kappa shape index (κ2) is 5.07. The Morgan fingerprint density at radius 2 is 1.95 bits per heavy atom. The van der Waals surface area contributed by atoms with Gasteiger partial charge in [0.1, 0.15) is 13.2 Å². The molecule has 1 N–H and O–H groups in total. The van der Waals surface area contributed by atoms with E-state index in [1.165, 1.54) is 5.56 Å². The molecule has 2 aromatic rings. The molecule has 0 amide bonds. The van der Waals surface area contributed by atoms with Gasteiger partial charge in [-0.1, -0.05) is 0 Å². The summed E-state index contributed by atoms with van der Waals surface area (Å²) in [6.07, 6.45) is 0.859. The third-order valence-corrected chi connectivity index (χ3v) is 3.92. The highest BCUT2D eigenvalue weighted by Gasteiger charge is 2.21. The van der Waals surface area contributed by atoms with Gasteiger partial charge >= 0.3 is 0 Å². The molecule has 0 radical (unpaired) electrons. The van der Waals surface area contributed by atoms with Crippen LogP contribution in [0.4, 0.5) is 5.69 Å². The van der Waals surface area contributed by atoms with Crippen molar-refractivity contribution in [2.45, 2.75) is 20.0 Å². The van der Waals surface area contributed by atoms with Crippen molar-refractivity contribution < 1.29 is 14.2 Å². The van der Waals surface area contributed by atoms with E-state index in [0.29, 0.717) is 19.8 Å². The van der Waals surface area contributed by atoms with E-state index < -0.39 is 0 Å². The van der Waals surface area contributed by atoms with Crippen molar-refractivity contribution in [3.8, 4) is 11.5 Å². The molecule has 1 aromatic heterocycles. The molecule has 1 aromatic carbocycles. The van der Waals surface area contributed by atoms with E-state index in [1.807, 2.05) is 12.1 Å². The number of anilines is 1. The molecule has 21 heavy (non-hydrogen) atoms. The maximum atomic E-state index is 5.70. The normalized spacial score (nSPS) is 16.6. The van der Waals surface area contributed by atoms with E-state index in [9.17, 15) is 0 Å². The molecule has 0 bridgehead atoms. The first-order chi connectivity index (χ1) is 10.4. The Morgan fingerprint density at radius 1 is 1.14 bits per heavy atom. The van der Waals surface area contributed by atoms with Crippen LogP contribution in [0.1, 0.15) is 18.2 Å². The quantitative estimate of drug-likeness (QED) is 0.919. The number of benzene rings is 1. The largest absolute Gasteiger partial charge is 0.486 e. The van der Waals surface area contributed by atoms with Crippen LogP contribution in [0.3, 0.4) is 0 Å². The molecule has 110 valence electrons. The Labute approximate surface area is 123 Å². The van der Waals surface area contributed by atoms with Crippen molar-refractivity contribution in [2.75, 3.05) is 31.7 Å². The molecule has 2 aliphatic heterocycles. The summed E-state index contributed by atoms with van der Waals surface area (Å²) >= 11 is 0. The second-order valence-electron chi connectivity index (χ2n) is 5.26. The molecule has 5 heteroatoms. The summed E-state index contributed by atoms with van der Waals surface area (Å²) in [5, 5.41) is 4.54. The van der Waals surface area contributed by atoms with Crippen LogP contribution in [0.5, 0.6) is 11.5 Å². The van der Waals surface area contributed by atoms with Gasteiger partial charge in [0.05, 0.1) is 30.1 Å². The number of nitrogens with zero attached hydrogens (tertiary/aromatic N) is 1. The second-order valence-corrected chi connectivity index (χ2v) is 5.26. The lowest BCUT2D eigenvalue weighted by molar-refractivity contribution is 0.110. The van der Waals surface area contributed by atoms with E-state index >= 15 is 0 Å². The first-order valence-corrected chi connectivity index (χ1v) is 7.43. The third-order valence-electron chi connectivity index (χ3n) is 3.92. The Balaban J connectivity index is 1.97. The summed E-state index contributed by atoms with van der Waals surface area (Å²) in [7, 11) is 0. The van der Waals surface area contributed by atoms with Gasteiger partial charge in [0.15, 0.2) is 11.5 Å². The van der Waals surface area contributed by atoms with Crippen LogP contribution in [0.15, 0.2) is 12.1 Å². The molecular weight excluding hydrogens is 268 g/mol. The van der Waals surface area contributed by atoms with Crippen LogP contribution in [-0.4, -0.2) is 31.3 Å². The van der Waals surface area contributed by atoms with Crippen molar-refractivity contribution in [3.05, 3.63) is 23.4 Å². The van der Waals surface area contributed by atoms with Crippen molar-refractivity contribution >= 4 is 16.6 Å². The number of hydrogen-bond acceptors (Lipinski definition) is 5. The standard InChI is InChI=1S/C16H18N2O3/c1-2-17-16-10-7-14-15(21-6-5-20-14)8-13(10)18-12-3-4-19-9-11(12)16/h7-8H,2-6,9H2,1H3,(H,17,18). The summed E-state index contributed by atoms with van der Waals surface area (Å²) in [5.41, 5.74) is 4.37. The summed E-state index contributed by atoms with van der Waals surface area (Å²) in [5.74, 6) is 1.59. The van der Waals surface area contributed by atoms with E-state index in [-0.39, 0.29) is 0 Å². The average molecular weight is 286 g/mol. The minimum absolute atomic E-state index is 0.594. The number of rotatable bonds is 2. The zero-order valence-corrected chi connectivity index (χ0v) is 12.1. The van der Waals surface area contributed by atoms with Gasteiger partial charge in [-0.2, -0.15) is 0 Å². The van der Waals surface area contributed by atoms with Crippen LogP contribution < -0.4 is 14.8 Å². The molecule has 0 saturated heterocycles. The Bertz CT molecular complexity index is 694. The minimum Gasteiger partial charge on any atom is -0.486 e. The van der Waals surface area contributed by atoms with Gasteiger partial charge in [0.2, 0.25) is 0 Å². The lowest BCUT2D eigenvalue weighted by Crippen LogP contribution is -2.17. The highest BCUT2D eigenvalue weighted by molar-refractivity contribution is 5.95. The predicted molar refractivity (Wildman–Crippen MR) is 80.3 cm³/mol. The van der Waals surface area contributed by atoms with Crippen molar-refractivity contribution in [3.63, 3.8) is 0 Å². The fourth-order valence-corrected chi connectivity index (χ4v) is 2.97. The van der Waals surface area contributed by atoms with E-state index in [4.69, 9.17) is 19.2 Å². The highest BCUT2D eigenvalue weighted by Crippen LogP contribution is 2.39. The molecule has 0 fully saturated rings. The number of aromatic nitrogens is 1. The van der Waals surface area contributed by atoms with Crippen molar-refractivity contribution in [1.82, 2.24) is 4.98 Å². The van der Waals surface area contributed by atoms with Crippen molar-refractivity contribution in [1.29, 1.82) is 0 Å². The first kappa shape index (κ1) is 12.7. The fourth-order valence-electron chi connectivity index (χ4n) is 2.97. The minimum atomic E-state index is 0.594. The highest BCUT2D eigenvalue weighted by atomic mass is 16.6. The van der Waals surface area contributed by atoms with Gasteiger partial charge in [-0.25, -0.2) is 0 Å². The lowest BCUT2D eigenvalue weighted by atomic mass is 10.0. The Morgan fingerprint density at radius 3 is 2.76 bits per heavy atom. The molecular formula is C16H18N2O3. The van der Waals surface area contributed by atoms with Crippen LogP contribution in [0, 0.1) is 0 Å². The zero-order chi connectivity index (χ0) is 14.2. The summed E-state index contributed by atoms with van der Waals surface area (Å²) in [6.45, 7) is 5.50. The molecule has 0 unspecified atom stereocenters. The molecule has 0 saturated carbocycles. The predicted octanol–water partition coefficient (Wildman–Crippen LogP) is 2.51. The average Bonchev–Trinajstić information content (AvgIpc) is 2.53. The van der Waals surface area contributed by atoms with Crippen LogP contribution >= 0.6 is 0 Å². The molecule has 0 spiro atoms. The number of hydrogen-bond donors (Lipinski definition) is 1. The number of fused-ring (bicyclic) bond motifs is 3. The molecule has 3 heterocycles. The molecule has 5 nitrogen and oxygen atoms in total. The monoisotopic (exact) mass is 286 g/mol. The summed E-state index contributed by atoms with van der Waals surface area (Å²) in [4.78, 5) is 4.81. The van der Waals surface area contributed by atoms with Gasteiger partial charge in [0.25, 0.3) is 0 Å². The Kier molecular flexibility index (Phi) is 3.07. The number of ether oxygens (including phenoxy) is 3. The smallest absolute Gasteiger partial charge is 0.163 e.